The zero-order valence-electron chi connectivity index (χ0n) is 49.7. The van der Waals surface area contributed by atoms with E-state index in [-0.39, 0.29) is 12.5 Å². The van der Waals surface area contributed by atoms with Crippen molar-refractivity contribution in [2.45, 2.75) is 289 Å². The fourth-order valence-corrected chi connectivity index (χ4v) is 9.67. The van der Waals surface area contributed by atoms with Gasteiger partial charge in [0.2, 0.25) is 5.91 Å². The van der Waals surface area contributed by atoms with Crippen molar-refractivity contribution in [2.75, 3.05) is 40.9 Å². The van der Waals surface area contributed by atoms with Crippen molar-refractivity contribution >= 4 is 13.7 Å². The Kier molecular flexibility index (Phi) is 54.7. The average Bonchev–Trinajstić information content (AvgIpc) is 3.37. The number of allylic oxidation sites excluding steroid dienone is 13. The Balaban J connectivity index is 4.06. The molecule has 3 atom stereocenters. The van der Waals surface area contributed by atoms with Gasteiger partial charge in [-0.25, -0.2) is 0 Å². The van der Waals surface area contributed by atoms with Crippen LogP contribution in [0.15, 0.2) is 85.1 Å². The minimum Gasteiger partial charge on any atom is -0.756 e. The molecule has 75 heavy (non-hydrogen) atoms. The molecule has 0 aromatic carbocycles. The number of phosphoric ester groups is 1. The summed E-state index contributed by atoms with van der Waals surface area (Å²) in [4.78, 5) is 25.5. The number of quaternary nitrogens is 1. The van der Waals surface area contributed by atoms with Crippen LogP contribution in [-0.2, 0) is 18.4 Å². The Morgan fingerprint density at radius 2 is 0.827 bits per heavy atom. The molecule has 0 aliphatic heterocycles. The van der Waals surface area contributed by atoms with Crippen molar-refractivity contribution in [3.05, 3.63) is 85.1 Å². The lowest BCUT2D eigenvalue weighted by Gasteiger charge is -2.29. The van der Waals surface area contributed by atoms with Crippen molar-refractivity contribution in [3.8, 4) is 0 Å². The maximum Gasteiger partial charge on any atom is 0.268 e. The number of amides is 1. The number of carbonyl (C=O) groups excluding carboxylic acids is 1. The van der Waals surface area contributed by atoms with Gasteiger partial charge in [-0.15, -0.1) is 0 Å². The van der Waals surface area contributed by atoms with E-state index in [1.54, 1.807) is 6.08 Å². The third-order valence-corrected chi connectivity index (χ3v) is 14.8. The molecule has 0 heterocycles. The van der Waals surface area contributed by atoms with Crippen molar-refractivity contribution in [2.24, 2.45) is 0 Å². The SMILES string of the molecule is CC/C=C\C/C=C\C/C=C\C/C=C\CCCCCCCCCCCCCCCCCCCCCCCCC(=O)NC(COP(=O)([O-])OCC[N+](C)(C)C)C(O)/C=C/CC/C=C/CC/C=C/CCCCCCCCCC. The predicted molar refractivity (Wildman–Crippen MR) is 325 cm³/mol. The first-order valence-corrected chi connectivity index (χ1v) is 32.9. The van der Waals surface area contributed by atoms with Gasteiger partial charge in [-0.2, -0.15) is 0 Å². The number of rotatable bonds is 57. The maximum atomic E-state index is 13.0. The molecule has 436 valence electrons. The number of unbranched alkanes of at least 4 members (excludes halogenated alkanes) is 32. The van der Waals surface area contributed by atoms with Crippen LogP contribution in [0.3, 0.4) is 0 Å². The van der Waals surface area contributed by atoms with Crippen LogP contribution in [0.25, 0.3) is 0 Å². The van der Waals surface area contributed by atoms with Crippen LogP contribution >= 0.6 is 7.82 Å². The van der Waals surface area contributed by atoms with Crippen molar-refractivity contribution in [1.29, 1.82) is 0 Å². The van der Waals surface area contributed by atoms with E-state index in [0.717, 1.165) is 70.6 Å². The Labute approximate surface area is 465 Å². The van der Waals surface area contributed by atoms with E-state index in [1.165, 1.54) is 186 Å². The minimum atomic E-state index is -4.61. The molecule has 0 radical (unpaired) electrons. The fraction of sp³-hybridized carbons (Fsp3) is 0.773. The lowest BCUT2D eigenvalue weighted by Crippen LogP contribution is -2.45. The van der Waals surface area contributed by atoms with Gasteiger partial charge < -0.3 is 28.8 Å². The first-order chi connectivity index (χ1) is 36.5. The molecule has 0 aromatic heterocycles. The number of nitrogens with zero attached hydrogens (tertiary/aromatic N) is 1. The average molecular weight is 1070 g/mol. The van der Waals surface area contributed by atoms with E-state index < -0.39 is 26.6 Å². The Hall–Kier alpha value is -2.32. The molecular formula is C66H121N2O6P. The van der Waals surface area contributed by atoms with Gasteiger partial charge in [0.05, 0.1) is 39.9 Å². The summed E-state index contributed by atoms with van der Waals surface area (Å²) in [7, 11) is 1.24. The van der Waals surface area contributed by atoms with Gasteiger partial charge in [-0.1, -0.05) is 272 Å². The molecule has 0 spiro atoms. The zero-order valence-corrected chi connectivity index (χ0v) is 50.6. The highest BCUT2D eigenvalue weighted by atomic mass is 31.2. The van der Waals surface area contributed by atoms with Gasteiger partial charge >= 0.3 is 0 Å². The number of phosphoric acid groups is 1. The molecule has 9 heteroatoms. The fourth-order valence-electron chi connectivity index (χ4n) is 8.94. The van der Waals surface area contributed by atoms with Crippen LogP contribution in [0.1, 0.15) is 277 Å². The summed E-state index contributed by atoms with van der Waals surface area (Å²) in [5, 5.41) is 13.9. The van der Waals surface area contributed by atoms with Gasteiger partial charge in [-0.05, 0) is 83.5 Å². The summed E-state index contributed by atoms with van der Waals surface area (Å²) in [5.74, 6) is -0.209. The van der Waals surface area contributed by atoms with Crippen molar-refractivity contribution in [1.82, 2.24) is 5.32 Å². The van der Waals surface area contributed by atoms with Gasteiger partial charge in [-0.3, -0.25) is 9.36 Å². The summed E-state index contributed by atoms with van der Waals surface area (Å²) in [6.07, 6.45) is 79.8. The topological polar surface area (TPSA) is 108 Å². The highest BCUT2D eigenvalue weighted by molar-refractivity contribution is 7.45. The third-order valence-electron chi connectivity index (χ3n) is 13.8. The van der Waals surface area contributed by atoms with E-state index in [4.69, 9.17) is 9.05 Å². The molecular weight excluding hydrogens is 948 g/mol. The Morgan fingerprint density at radius 1 is 0.480 bits per heavy atom. The molecule has 3 unspecified atom stereocenters. The van der Waals surface area contributed by atoms with E-state index >= 15 is 0 Å². The lowest BCUT2D eigenvalue weighted by molar-refractivity contribution is -0.870. The molecule has 1 amide bonds. The number of hydrogen-bond donors (Lipinski definition) is 2. The van der Waals surface area contributed by atoms with Crippen LogP contribution in [0.2, 0.25) is 0 Å². The second kappa shape index (κ2) is 56.4. The first kappa shape index (κ1) is 72.7. The van der Waals surface area contributed by atoms with E-state index in [0.29, 0.717) is 17.4 Å². The van der Waals surface area contributed by atoms with Gasteiger partial charge in [0.15, 0.2) is 0 Å². The van der Waals surface area contributed by atoms with Crippen molar-refractivity contribution in [3.63, 3.8) is 0 Å². The summed E-state index contributed by atoms with van der Waals surface area (Å²) in [6.45, 7) is 4.52. The number of carbonyl (C=O) groups is 1. The summed E-state index contributed by atoms with van der Waals surface area (Å²) < 4.78 is 23.3. The van der Waals surface area contributed by atoms with Crippen LogP contribution < -0.4 is 10.2 Å². The van der Waals surface area contributed by atoms with Crippen LogP contribution in [0, 0.1) is 0 Å². The molecule has 2 N–H and O–H groups in total. The lowest BCUT2D eigenvalue weighted by atomic mass is 10.0. The number of aliphatic hydroxyl groups is 1. The smallest absolute Gasteiger partial charge is 0.268 e. The van der Waals surface area contributed by atoms with E-state index in [9.17, 15) is 19.4 Å². The standard InChI is InChI=1S/C66H121N2O6P/c1-6-8-10-12-14-16-18-20-22-24-26-27-28-29-30-31-32-33-34-35-36-37-38-39-40-41-42-44-46-48-50-52-54-56-58-60-66(70)67-64(63-74-75(71,72)73-62-61-68(3,4)5)65(69)59-57-55-53-51-49-47-45-43-25-23-21-19-17-15-13-11-9-7-2/h8,10,14,16,20,22,25-27,43,49,51,57,59,64-65,69H,6-7,9,11-13,15,17-19,21,23-24,28-42,44-48,50,52-56,58,60-63H2,1-5H3,(H-,67,70,71,72)/b10-8-,16-14-,22-20-,27-26-,43-25+,51-49+,59-57+. The van der Waals surface area contributed by atoms with Gasteiger partial charge in [0, 0.05) is 6.42 Å². The van der Waals surface area contributed by atoms with Crippen LogP contribution in [0.4, 0.5) is 0 Å². The van der Waals surface area contributed by atoms with Crippen LogP contribution in [0.5, 0.6) is 0 Å². The molecule has 0 rings (SSSR count). The van der Waals surface area contributed by atoms with Crippen LogP contribution in [-0.4, -0.2) is 68.5 Å². The normalized spacial score (nSPS) is 14.4. The minimum absolute atomic E-state index is 0.0102. The number of aliphatic hydroxyl groups excluding tert-OH is 1. The molecule has 8 nitrogen and oxygen atoms in total. The highest BCUT2D eigenvalue weighted by Crippen LogP contribution is 2.38. The van der Waals surface area contributed by atoms with Gasteiger partial charge in [0.25, 0.3) is 7.82 Å². The maximum absolute atomic E-state index is 13.0. The first-order valence-electron chi connectivity index (χ1n) is 31.4. The number of likely N-dealkylation sites (N-methyl/N-ethyl adjacent to an activating group) is 1. The molecule has 0 fully saturated rings. The molecule has 0 saturated heterocycles. The predicted octanol–water partition coefficient (Wildman–Crippen LogP) is 19.0. The highest BCUT2D eigenvalue weighted by Gasteiger charge is 2.23. The summed E-state index contributed by atoms with van der Waals surface area (Å²) in [6, 6.07) is -0.912. The monoisotopic (exact) mass is 1070 g/mol. The zero-order chi connectivity index (χ0) is 54.9. The third kappa shape index (κ3) is 59.2. The van der Waals surface area contributed by atoms with Crippen molar-refractivity contribution < 1.29 is 32.9 Å². The van der Waals surface area contributed by atoms with E-state index in [1.807, 2.05) is 27.2 Å². The summed E-state index contributed by atoms with van der Waals surface area (Å²) in [5.41, 5.74) is 0. The largest absolute Gasteiger partial charge is 0.756 e. The molecule has 0 aliphatic rings. The van der Waals surface area contributed by atoms with E-state index in [2.05, 4.69) is 92.1 Å². The molecule has 0 aliphatic carbocycles. The molecule has 0 aromatic rings. The second-order valence-corrected chi connectivity index (χ2v) is 23.8. The Morgan fingerprint density at radius 3 is 1.24 bits per heavy atom. The summed E-state index contributed by atoms with van der Waals surface area (Å²) >= 11 is 0. The number of hydrogen-bond acceptors (Lipinski definition) is 6. The second-order valence-electron chi connectivity index (χ2n) is 22.4. The number of nitrogens with one attached hydrogen (secondary N) is 1. The molecule has 0 saturated carbocycles. The van der Waals surface area contributed by atoms with Gasteiger partial charge in [0.1, 0.15) is 13.2 Å². The Bertz CT molecular complexity index is 1500. The molecule has 0 bridgehead atoms. The quantitative estimate of drug-likeness (QED) is 0.0272.